The van der Waals surface area contributed by atoms with Crippen molar-refractivity contribution in [1.82, 2.24) is 0 Å². The standard InChI is InChI=1S/C20H14N2O/c21-14-18-8-4-5-9-19(18)22-20(23)17-12-10-16(11-13-17)15-6-2-1-3-7-15/h1-13H,(H,22,23). The minimum Gasteiger partial charge on any atom is -0.321 e. The molecule has 23 heavy (non-hydrogen) atoms. The number of nitriles is 1. The predicted octanol–water partition coefficient (Wildman–Crippen LogP) is 4.48. The molecule has 3 nitrogen and oxygen atoms in total. The van der Waals surface area contributed by atoms with Crippen LogP contribution in [0.15, 0.2) is 78.9 Å². The van der Waals surface area contributed by atoms with E-state index in [2.05, 4.69) is 11.4 Å². The Morgan fingerprint density at radius 1 is 0.783 bits per heavy atom. The molecule has 0 heterocycles. The van der Waals surface area contributed by atoms with Crippen molar-refractivity contribution < 1.29 is 4.79 Å². The maximum absolute atomic E-state index is 12.3. The molecule has 0 saturated carbocycles. The molecule has 3 heteroatoms. The summed E-state index contributed by atoms with van der Waals surface area (Å²) < 4.78 is 0. The van der Waals surface area contributed by atoms with Crippen LogP contribution in [0.25, 0.3) is 11.1 Å². The summed E-state index contributed by atoms with van der Waals surface area (Å²) in [4.78, 5) is 12.3. The summed E-state index contributed by atoms with van der Waals surface area (Å²) >= 11 is 0. The van der Waals surface area contributed by atoms with Gasteiger partial charge in [-0.3, -0.25) is 4.79 Å². The lowest BCUT2D eigenvalue weighted by atomic mass is 10.0. The van der Waals surface area contributed by atoms with Gasteiger partial charge in [0.05, 0.1) is 11.3 Å². The van der Waals surface area contributed by atoms with Gasteiger partial charge in [0, 0.05) is 5.56 Å². The maximum Gasteiger partial charge on any atom is 0.255 e. The number of benzene rings is 3. The van der Waals surface area contributed by atoms with E-state index in [1.165, 1.54) is 0 Å². The van der Waals surface area contributed by atoms with Crippen molar-refractivity contribution in [2.24, 2.45) is 0 Å². The molecule has 0 aliphatic rings. The van der Waals surface area contributed by atoms with Crippen LogP contribution in [-0.2, 0) is 0 Å². The number of nitrogens with zero attached hydrogens (tertiary/aromatic N) is 1. The van der Waals surface area contributed by atoms with Gasteiger partial charge in [0.25, 0.3) is 5.91 Å². The van der Waals surface area contributed by atoms with E-state index < -0.39 is 0 Å². The number of para-hydroxylation sites is 1. The van der Waals surface area contributed by atoms with Crippen LogP contribution in [0.4, 0.5) is 5.69 Å². The van der Waals surface area contributed by atoms with Crippen LogP contribution in [0.5, 0.6) is 0 Å². The molecule has 0 saturated heterocycles. The smallest absolute Gasteiger partial charge is 0.255 e. The molecule has 3 aromatic rings. The number of amides is 1. The zero-order valence-corrected chi connectivity index (χ0v) is 12.4. The third-order valence-corrected chi connectivity index (χ3v) is 3.55. The van der Waals surface area contributed by atoms with Crippen molar-refractivity contribution >= 4 is 11.6 Å². The van der Waals surface area contributed by atoms with Crippen molar-refractivity contribution in [2.45, 2.75) is 0 Å². The van der Waals surface area contributed by atoms with Gasteiger partial charge in [-0.2, -0.15) is 5.26 Å². The molecule has 0 spiro atoms. The van der Waals surface area contributed by atoms with Crippen molar-refractivity contribution in [3.05, 3.63) is 90.0 Å². The van der Waals surface area contributed by atoms with E-state index in [1.807, 2.05) is 42.5 Å². The van der Waals surface area contributed by atoms with Crippen LogP contribution >= 0.6 is 0 Å². The summed E-state index contributed by atoms with van der Waals surface area (Å²) in [6, 6.07) is 26.4. The van der Waals surface area contributed by atoms with Crippen LogP contribution in [0.2, 0.25) is 0 Å². The predicted molar refractivity (Wildman–Crippen MR) is 91.0 cm³/mol. The minimum absolute atomic E-state index is 0.229. The highest BCUT2D eigenvalue weighted by Crippen LogP contribution is 2.20. The van der Waals surface area contributed by atoms with Gasteiger partial charge in [-0.1, -0.05) is 54.6 Å². The Hall–Kier alpha value is -3.38. The zero-order chi connectivity index (χ0) is 16.1. The van der Waals surface area contributed by atoms with E-state index in [0.717, 1.165) is 11.1 Å². The summed E-state index contributed by atoms with van der Waals surface area (Å²) in [5.41, 5.74) is 3.68. The van der Waals surface area contributed by atoms with E-state index in [0.29, 0.717) is 16.8 Å². The van der Waals surface area contributed by atoms with Crippen LogP contribution in [0.1, 0.15) is 15.9 Å². The van der Waals surface area contributed by atoms with Gasteiger partial charge < -0.3 is 5.32 Å². The summed E-state index contributed by atoms with van der Waals surface area (Å²) in [6.07, 6.45) is 0. The first-order valence-electron chi connectivity index (χ1n) is 7.24. The van der Waals surface area contributed by atoms with Crippen molar-refractivity contribution in [3.63, 3.8) is 0 Å². The Morgan fingerprint density at radius 3 is 2.09 bits per heavy atom. The highest BCUT2D eigenvalue weighted by molar-refractivity contribution is 6.05. The summed E-state index contributed by atoms with van der Waals surface area (Å²) in [7, 11) is 0. The topological polar surface area (TPSA) is 52.9 Å². The number of rotatable bonds is 3. The second-order valence-corrected chi connectivity index (χ2v) is 5.05. The van der Waals surface area contributed by atoms with Crippen molar-refractivity contribution in [3.8, 4) is 17.2 Å². The molecule has 1 amide bonds. The number of hydrogen-bond acceptors (Lipinski definition) is 2. The Balaban J connectivity index is 1.80. The molecule has 0 aromatic heterocycles. The Morgan fingerprint density at radius 2 is 1.39 bits per heavy atom. The molecule has 0 unspecified atom stereocenters. The van der Waals surface area contributed by atoms with Gasteiger partial charge in [0.2, 0.25) is 0 Å². The molecular weight excluding hydrogens is 284 g/mol. The van der Waals surface area contributed by atoms with Gasteiger partial charge in [-0.15, -0.1) is 0 Å². The van der Waals surface area contributed by atoms with Crippen LogP contribution in [-0.4, -0.2) is 5.91 Å². The highest BCUT2D eigenvalue weighted by Gasteiger charge is 2.09. The largest absolute Gasteiger partial charge is 0.321 e. The van der Waals surface area contributed by atoms with E-state index in [1.54, 1.807) is 36.4 Å². The Bertz CT molecular complexity index is 862. The monoisotopic (exact) mass is 298 g/mol. The number of anilines is 1. The molecule has 110 valence electrons. The zero-order valence-electron chi connectivity index (χ0n) is 12.4. The highest BCUT2D eigenvalue weighted by atomic mass is 16.1. The lowest BCUT2D eigenvalue weighted by molar-refractivity contribution is 0.102. The van der Waals surface area contributed by atoms with Crippen molar-refractivity contribution in [1.29, 1.82) is 5.26 Å². The number of carbonyl (C=O) groups is 1. The molecule has 0 aliphatic carbocycles. The average Bonchev–Trinajstić information content (AvgIpc) is 2.63. The number of carbonyl (C=O) groups excluding carboxylic acids is 1. The molecule has 0 atom stereocenters. The summed E-state index contributed by atoms with van der Waals surface area (Å²) in [5.74, 6) is -0.229. The van der Waals surface area contributed by atoms with Crippen molar-refractivity contribution in [2.75, 3.05) is 5.32 Å². The van der Waals surface area contributed by atoms with Gasteiger partial charge in [-0.05, 0) is 35.4 Å². The average molecular weight is 298 g/mol. The Labute approximate surface area is 134 Å². The molecule has 0 radical (unpaired) electrons. The molecule has 0 bridgehead atoms. The lowest BCUT2D eigenvalue weighted by Crippen LogP contribution is -2.12. The van der Waals surface area contributed by atoms with Gasteiger partial charge in [0.15, 0.2) is 0 Å². The second kappa shape index (κ2) is 6.59. The normalized spacial score (nSPS) is 9.87. The van der Waals surface area contributed by atoms with E-state index >= 15 is 0 Å². The first-order chi connectivity index (χ1) is 11.3. The van der Waals surface area contributed by atoms with E-state index in [-0.39, 0.29) is 5.91 Å². The fourth-order valence-corrected chi connectivity index (χ4v) is 2.33. The first-order valence-corrected chi connectivity index (χ1v) is 7.24. The van der Waals surface area contributed by atoms with Gasteiger partial charge >= 0.3 is 0 Å². The third kappa shape index (κ3) is 3.28. The lowest BCUT2D eigenvalue weighted by Gasteiger charge is -2.08. The quantitative estimate of drug-likeness (QED) is 0.775. The first kappa shape index (κ1) is 14.6. The molecular formula is C20H14N2O. The maximum atomic E-state index is 12.3. The summed E-state index contributed by atoms with van der Waals surface area (Å²) in [5, 5.41) is 11.8. The van der Waals surface area contributed by atoms with Crippen LogP contribution < -0.4 is 5.32 Å². The SMILES string of the molecule is N#Cc1ccccc1NC(=O)c1ccc(-c2ccccc2)cc1. The van der Waals surface area contributed by atoms with E-state index in [9.17, 15) is 4.79 Å². The molecule has 3 aromatic carbocycles. The van der Waals surface area contributed by atoms with Gasteiger partial charge in [0.1, 0.15) is 6.07 Å². The molecule has 3 rings (SSSR count). The van der Waals surface area contributed by atoms with Crippen LogP contribution in [0, 0.1) is 11.3 Å². The third-order valence-electron chi connectivity index (χ3n) is 3.55. The number of nitrogens with one attached hydrogen (secondary N) is 1. The fraction of sp³-hybridized carbons (Fsp3) is 0. The van der Waals surface area contributed by atoms with Gasteiger partial charge in [-0.25, -0.2) is 0 Å². The minimum atomic E-state index is -0.229. The second-order valence-electron chi connectivity index (χ2n) is 5.05. The van der Waals surface area contributed by atoms with E-state index in [4.69, 9.17) is 5.26 Å². The molecule has 0 fully saturated rings. The summed E-state index contributed by atoms with van der Waals surface area (Å²) in [6.45, 7) is 0. The fourth-order valence-electron chi connectivity index (χ4n) is 2.33. The van der Waals surface area contributed by atoms with Crippen LogP contribution in [0.3, 0.4) is 0 Å². The molecule has 1 N–H and O–H groups in total. The Kier molecular flexibility index (Phi) is 4.17. The molecule has 0 aliphatic heterocycles. The number of hydrogen-bond donors (Lipinski definition) is 1.